The Balaban J connectivity index is 1.34. The molecule has 132 valence electrons. The van der Waals surface area contributed by atoms with Gasteiger partial charge in [-0.25, -0.2) is 0 Å². The Kier molecular flexibility index (Phi) is 6.46. The van der Waals surface area contributed by atoms with Gasteiger partial charge in [0.25, 0.3) is 0 Å². The molecule has 2 aliphatic heterocycles. The zero-order chi connectivity index (χ0) is 16.6. The van der Waals surface area contributed by atoms with Gasteiger partial charge in [-0.15, -0.1) is 0 Å². The normalized spacial score (nSPS) is 23.3. The number of amides is 1. The molecule has 24 heavy (non-hydrogen) atoms. The lowest BCUT2D eigenvalue weighted by molar-refractivity contribution is -0.115. The van der Waals surface area contributed by atoms with Gasteiger partial charge in [0.15, 0.2) is 0 Å². The molecule has 2 unspecified atom stereocenters. The van der Waals surface area contributed by atoms with Crippen LogP contribution >= 0.6 is 0 Å². The molecule has 3 rings (SSSR count). The van der Waals surface area contributed by atoms with Gasteiger partial charge >= 0.3 is 0 Å². The Labute approximate surface area is 142 Å². The third kappa shape index (κ3) is 5.47. The highest BCUT2D eigenvalue weighted by Gasteiger charge is 2.16. The lowest BCUT2D eigenvalue weighted by Crippen LogP contribution is -2.33. The van der Waals surface area contributed by atoms with Gasteiger partial charge in [0.1, 0.15) is 12.4 Å². The second-order valence-electron chi connectivity index (χ2n) is 6.28. The van der Waals surface area contributed by atoms with Crippen molar-refractivity contribution in [3.05, 3.63) is 24.3 Å². The van der Waals surface area contributed by atoms with Crippen molar-refractivity contribution >= 4 is 11.6 Å². The van der Waals surface area contributed by atoms with Gasteiger partial charge in [-0.3, -0.25) is 4.79 Å². The van der Waals surface area contributed by atoms with Gasteiger partial charge in [-0.2, -0.15) is 0 Å². The van der Waals surface area contributed by atoms with Gasteiger partial charge < -0.3 is 24.8 Å². The monoisotopic (exact) mass is 334 g/mol. The van der Waals surface area contributed by atoms with Gasteiger partial charge in [0, 0.05) is 25.4 Å². The van der Waals surface area contributed by atoms with Crippen molar-refractivity contribution in [2.24, 2.45) is 0 Å². The second kappa shape index (κ2) is 9.01. The van der Waals surface area contributed by atoms with Crippen LogP contribution in [0.3, 0.4) is 0 Å². The summed E-state index contributed by atoms with van der Waals surface area (Å²) in [5.74, 6) is 0.737. The molecule has 6 heteroatoms. The smallest absolute Gasteiger partial charge is 0.238 e. The van der Waals surface area contributed by atoms with Gasteiger partial charge in [0.2, 0.25) is 5.91 Å². The Morgan fingerprint density at radius 3 is 2.46 bits per heavy atom. The number of hydrogen-bond acceptors (Lipinski definition) is 5. The summed E-state index contributed by atoms with van der Waals surface area (Å²) in [6.07, 6.45) is 4.81. The zero-order valence-corrected chi connectivity index (χ0v) is 14.0. The molecule has 2 N–H and O–H groups in total. The van der Waals surface area contributed by atoms with E-state index in [0.717, 1.165) is 56.9 Å². The number of nitrogens with one attached hydrogen (secondary N) is 2. The van der Waals surface area contributed by atoms with E-state index in [9.17, 15) is 4.79 Å². The molecular weight excluding hydrogens is 308 g/mol. The number of carbonyl (C=O) groups is 1. The van der Waals surface area contributed by atoms with Crippen LogP contribution in [0, 0.1) is 0 Å². The van der Waals surface area contributed by atoms with Crippen LogP contribution in [-0.4, -0.2) is 51.0 Å². The van der Waals surface area contributed by atoms with E-state index in [-0.39, 0.29) is 24.7 Å². The molecule has 1 amide bonds. The molecule has 0 saturated carbocycles. The van der Waals surface area contributed by atoms with E-state index < -0.39 is 0 Å². The van der Waals surface area contributed by atoms with Crippen LogP contribution in [0.15, 0.2) is 24.3 Å². The van der Waals surface area contributed by atoms with Crippen LogP contribution in [0.5, 0.6) is 5.75 Å². The van der Waals surface area contributed by atoms with E-state index in [2.05, 4.69) is 10.6 Å². The molecule has 2 atom stereocenters. The average molecular weight is 334 g/mol. The Bertz CT molecular complexity index is 508. The molecule has 2 heterocycles. The van der Waals surface area contributed by atoms with E-state index in [1.807, 2.05) is 24.3 Å². The predicted molar refractivity (Wildman–Crippen MR) is 91.4 cm³/mol. The molecule has 0 spiro atoms. The first-order valence-corrected chi connectivity index (χ1v) is 8.76. The summed E-state index contributed by atoms with van der Waals surface area (Å²) in [6, 6.07) is 7.43. The van der Waals surface area contributed by atoms with Crippen molar-refractivity contribution in [2.45, 2.75) is 37.9 Å². The predicted octanol–water partition coefficient (Wildman–Crippen LogP) is 1.95. The van der Waals surface area contributed by atoms with Crippen LogP contribution in [-0.2, 0) is 14.3 Å². The zero-order valence-electron chi connectivity index (χ0n) is 14.0. The molecule has 1 aromatic carbocycles. The van der Waals surface area contributed by atoms with E-state index in [1.54, 1.807) is 0 Å². The van der Waals surface area contributed by atoms with Crippen LogP contribution in [0.2, 0.25) is 0 Å². The molecule has 2 fully saturated rings. The number of carbonyl (C=O) groups excluding carboxylic acids is 1. The van der Waals surface area contributed by atoms with Crippen molar-refractivity contribution < 1.29 is 19.0 Å². The summed E-state index contributed by atoms with van der Waals surface area (Å²) in [7, 11) is 0. The molecule has 2 saturated heterocycles. The van der Waals surface area contributed by atoms with Crippen molar-refractivity contribution in [1.82, 2.24) is 5.32 Å². The minimum atomic E-state index is -0.0546. The van der Waals surface area contributed by atoms with Crippen LogP contribution in [0.1, 0.15) is 25.7 Å². The quantitative estimate of drug-likeness (QED) is 0.760. The molecule has 0 aliphatic carbocycles. The molecule has 2 aliphatic rings. The van der Waals surface area contributed by atoms with E-state index in [1.165, 1.54) is 0 Å². The molecule has 1 aromatic rings. The first-order valence-electron chi connectivity index (χ1n) is 8.76. The van der Waals surface area contributed by atoms with Crippen molar-refractivity contribution in [3.63, 3.8) is 0 Å². The minimum absolute atomic E-state index is 0.0546. The Hall–Kier alpha value is -1.63. The van der Waals surface area contributed by atoms with E-state index >= 15 is 0 Å². The van der Waals surface area contributed by atoms with E-state index in [4.69, 9.17) is 14.2 Å². The van der Waals surface area contributed by atoms with E-state index in [0.29, 0.717) is 6.61 Å². The van der Waals surface area contributed by atoms with Crippen molar-refractivity contribution in [3.8, 4) is 5.75 Å². The van der Waals surface area contributed by atoms with Crippen molar-refractivity contribution in [1.29, 1.82) is 0 Å². The summed E-state index contributed by atoms with van der Waals surface area (Å²) in [5, 5.41) is 6.00. The first-order chi connectivity index (χ1) is 11.8. The highest BCUT2D eigenvalue weighted by atomic mass is 16.5. The highest BCUT2D eigenvalue weighted by molar-refractivity contribution is 5.92. The Morgan fingerprint density at radius 2 is 1.79 bits per heavy atom. The fraction of sp³-hybridized carbons (Fsp3) is 0.611. The van der Waals surface area contributed by atoms with Gasteiger partial charge in [-0.05, 0) is 49.9 Å². The van der Waals surface area contributed by atoms with Crippen LogP contribution < -0.4 is 15.4 Å². The lowest BCUT2D eigenvalue weighted by atomic mass is 10.2. The van der Waals surface area contributed by atoms with Gasteiger partial charge in [0.05, 0.1) is 18.8 Å². The first kappa shape index (κ1) is 17.2. The molecule has 0 bridgehead atoms. The number of ether oxygens (including phenoxy) is 3. The third-order valence-electron chi connectivity index (χ3n) is 4.28. The van der Waals surface area contributed by atoms with Crippen LogP contribution in [0.25, 0.3) is 0 Å². The minimum Gasteiger partial charge on any atom is -0.491 e. The third-order valence-corrected chi connectivity index (χ3v) is 4.28. The topological polar surface area (TPSA) is 68.8 Å². The van der Waals surface area contributed by atoms with Crippen LogP contribution in [0.4, 0.5) is 5.69 Å². The standard InChI is InChI=1S/C18H26N2O4/c21-18(12-19-11-16-3-1-9-22-16)20-14-5-7-15(8-6-14)24-13-17-4-2-10-23-17/h5-8,16-17,19H,1-4,9-13H2,(H,20,21). The number of hydrogen-bond donors (Lipinski definition) is 2. The fourth-order valence-corrected chi connectivity index (χ4v) is 2.96. The van der Waals surface area contributed by atoms with Gasteiger partial charge in [-0.1, -0.05) is 0 Å². The maximum absolute atomic E-state index is 11.9. The maximum atomic E-state index is 11.9. The Morgan fingerprint density at radius 1 is 1.08 bits per heavy atom. The molecule has 0 radical (unpaired) electrons. The lowest BCUT2D eigenvalue weighted by Gasteiger charge is -2.12. The summed E-state index contributed by atoms with van der Waals surface area (Å²) >= 11 is 0. The fourth-order valence-electron chi connectivity index (χ4n) is 2.96. The summed E-state index contributed by atoms with van der Waals surface area (Å²) in [4.78, 5) is 11.9. The molecular formula is C18H26N2O4. The number of rotatable bonds is 8. The molecule has 0 aromatic heterocycles. The second-order valence-corrected chi connectivity index (χ2v) is 6.28. The molecule has 6 nitrogen and oxygen atoms in total. The maximum Gasteiger partial charge on any atom is 0.238 e. The number of benzene rings is 1. The average Bonchev–Trinajstić information content (AvgIpc) is 3.28. The largest absolute Gasteiger partial charge is 0.491 e. The van der Waals surface area contributed by atoms with Crippen molar-refractivity contribution in [2.75, 3.05) is 38.2 Å². The SMILES string of the molecule is O=C(CNCC1CCCO1)Nc1ccc(OCC2CCCO2)cc1. The number of anilines is 1. The summed E-state index contributed by atoms with van der Waals surface area (Å²) in [5.41, 5.74) is 0.767. The highest BCUT2D eigenvalue weighted by Crippen LogP contribution is 2.18. The summed E-state index contributed by atoms with van der Waals surface area (Å²) in [6.45, 7) is 3.26. The summed E-state index contributed by atoms with van der Waals surface area (Å²) < 4.78 is 16.7.